The predicted octanol–water partition coefficient (Wildman–Crippen LogP) is 1.89. The highest BCUT2D eigenvalue weighted by Gasteiger charge is 2.37. The van der Waals surface area contributed by atoms with Crippen molar-refractivity contribution in [2.24, 2.45) is 11.8 Å². The molecule has 7 nitrogen and oxygen atoms in total. The Labute approximate surface area is 166 Å². The van der Waals surface area contributed by atoms with E-state index in [-0.39, 0.29) is 35.2 Å². The lowest BCUT2D eigenvalue weighted by atomic mass is 9.94. The Hall–Kier alpha value is -1.93. The average molecular weight is 409 g/mol. The third-order valence-corrected chi connectivity index (χ3v) is 7.35. The average Bonchev–Trinajstić information content (AvgIpc) is 2.74. The van der Waals surface area contributed by atoms with Crippen LogP contribution in [0.15, 0.2) is 35.2 Å². The zero-order chi connectivity index (χ0) is 20.1. The maximum atomic E-state index is 13.0. The molecule has 0 N–H and O–H groups in total. The number of likely N-dealkylation sites (tertiary alicyclic amines) is 1. The van der Waals surface area contributed by atoms with E-state index in [4.69, 9.17) is 4.74 Å². The molecular weight excluding hydrogens is 380 g/mol. The molecule has 28 heavy (non-hydrogen) atoms. The molecule has 2 aliphatic rings. The van der Waals surface area contributed by atoms with Crippen molar-refractivity contribution in [2.75, 3.05) is 32.8 Å². The summed E-state index contributed by atoms with van der Waals surface area (Å²) >= 11 is 0. The third-order valence-electron chi connectivity index (χ3n) is 5.47. The summed E-state index contributed by atoms with van der Waals surface area (Å²) in [5.41, 5.74) is 0. The number of sulfonamides is 1. The molecule has 0 saturated carbocycles. The summed E-state index contributed by atoms with van der Waals surface area (Å²) in [5.74, 6) is -0.961. The van der Waals surface area contributed by atoms with Gasteiger partial charge in [-0.3, -0.25) is 9.59 Å². The first-order valence-corrected chi connectivity index (χ1v) is 11.4. The maximum Gasteiger partial charge on any atom is 0.310 e. The van der Waals surface area contributed by atoms with Crippen molar-refractivity contribution in [1.82, 2.24) is 9.21 Å². The minimum absolute atomic E-state index is 0.0537. The minimum Gasteiger partial charge on any atom is -0.466 e. The van der Waals surface area contributed by atoms with Crippen molar-refractivity contribution in [3.05, 3.63) is 30.3 Å². The van der Waals surface area contributed by atoms with Gasteiger partial charge in [0.05, 0.1) is 23.3 Å². The summed E-state index contributed by atoms with van der Waals surface area (Å²) in [6.45, 7) is 3.69. The van der Waals surface area contributed by atoms with Gasteiger partial charge in [0.15, 0.2) is 0 Å². The lowest BCUT2D eigenvalue weighted by molar-refractivity contribution is -0.152. The number of benzene rings is 1. The normalized spacial score (nSPS) is 24.0. The van der Waals surface area contributed by atoms with Crippen molar-refractivity contribution in [3.8, 4) is 0 Å². The van der Waals surface area contributed by atoms with E-state index >= 15 is 0 Å². The first kappa shape index (κ1) is 20.8. The summed E-state index contributed by atoms with van der Waals surface area (Å²) in [4.78, 5) is 27.0. The fourth-order valence-corrected chi connectivity index (χ4v) is 5.54. The number of carbonyl (C=O) groups is 2. The second kappa shape index (κ2) is 9.05. The van der Waals surface area contributed by atoms with Gasteiger partial charge in [0.25, 0.3) is 0 Å². The lowest BCUT2D eigenvalue weighted by Gasteiger charge is -2.37. The van der Waals surface area contributed by atoms with Gasteiger partial charge in [-0.25, -0.2) is 8.42 Å². The Bertz CT molecular complexity index is 796. The molecule has 2 saturated heterocycles. The third kappa shape index (κ3) is 4.55. The number of amides is 1. The molecule has 3 rings (SSSR count). The van der Waals surface area contributed by atoms with Gasteiger partial charge in [0.1, 0.15) is 0 Å². The highest BCUT2D eigenvalue weighted by atomic mass is 32.2. The topological polar surface area (TPSA) is 84.0 Å². The molecule has 154 valence electrons. The number of nitrogens with zero attached hydrogens (tertiary/aromatic N) is 2. The van der Waals surface area contributed by atoms with Crippen molar-refractivity contribution in [1.29, 1.82) is 0 Å². The minimum atomic E-state index is -3.60. The molecule has 0 aliphatic carbocycles. The molecule has 2 heterocycles. The smallest absolute Gasteiger partial charge is 0.310 e. The summed E-state index contributed by atoms with van der Waals surface area (Å²) in [5, 5.41) is 0. The van der Waals surface area contributed by atoms with Crippen LogP contribution in [0.1, 0.15) is 32.6 Å². The van der Waals surface area contributed by atoms with Crippen LogP contribution in [0.2, 0.25) is 0 Å². The fraction of sp³-hybridized carbons (Fsp3) is 0.600. The SMILES string of the molecule is CCOC(=O)[C@H]1CCCN(C(=O)[C@H]2CCCN(S(=O)(=O)c3ccccc3)C2)C1. The lowest BCUT2D eigenvalue weighted by Crippen LogP contribution is -2.50. The van der Waals surface area contributed by atoms with Gasteiger partial charge < -0.3 is 9.64 Å². The Morgan fingerprint density at radius 3 is 2.43 bits per heavy atom. The van der Waals surface area contributed by atoms with Crippen LogP contribution < -0.4 is 0 Å². The van der Waals surface area contributed by atoms with Crippen molar-refractivity contribution in [3.63, 3.8) is 0 Å². The fourth-order valence-electron chi connectivity index (χ4n) is 3.99. The molecule has 1 amide bonds. The summed E-state index contributed by atoms with van der Waals surface area (Å²) in [6, 6.07) is 8.33. The van der Waals surface area contributed by atoms with Gasteiger partial charge in [-0.15, -0.1) is 0 Å². The monoisotopic (exact) mass is 408 g/mol. The molecule has 0 bridgehead atoms. The molecule has 0 aromatic heterocycles. The van der Waals surface area contributed by atoms with Crippen LogP contribution in [0.3, 0.4) is 0 Å². The number of esters is 1. The van der Waals surface area contributed by atoms with E-state index in [9.17, 15) is 18.0 Å². The molecule has 2 atom stereocenters. The Balaban J connectivity index is 1.67. The molecule has 8 heteroatoms. The second-order valence-electron chi connectivity index (χ2n) is 7.39. The first-order chi connectivity index (χ1) is 13.4. The van der Waals surface area contributed by atoms with E-state index in [0.717, 1.165) is 12.8 Å². The first-order valence-electron chi connectivity index (χ1n) is 9.94. The van der Waals surface area contributed by atoms with E-state index in [1.807, 2.05) is 0 Å². The van der Waals surface area contributed by atoms with Gasteiger partial charge in [-0.1, -0.05) is 18.2 Å². The van der Waals surface area contributed by atoms with Crippen LogP contribution in [0, 0.1) is 11.8 Å². The highest BCUT2D eigenvalue weighted by Crippen LogP contribution is 2.27. The van der Waals surface area contributed by atoms with Crippen LogP contribution in [0.5, 0.6) is 0 Å². The van der Waals surface area contributed by atoms with E-state index < -0.39 is 10.0 Å². The number of carbonyl (C=O) groups excluding carboxylic acids is 2. The summed E-state index contributed by atoms with van der Waals surface area (Å²) in [7, 11) is -3.60. The molecular formula is C20H28N2O5S. The number of ether oxygens (including phenoxy) is 1. The van der Waals surface area contributed by atoms with E-state index in [1.165, 1.54) is 4.31 Å². The van der Waals surface area contributed by atoms with E-state index in [2.05, 4.69) is 0 Å². The molecule has 2 fully saturated rings. The van der Waals surface area contributed by atoms with Gasteiger partial charge in [-0.2, -0.15) is 4.31 Å². The number of rotatable bonds is 5. The van der Waals surface area contributed by atoms with Gasteiger partial charge in [0, 0.05) is 26.2 Å². The highest BCUT2D eigenvalue weighted by molar-refractivity contribution is 7.89. The van der Waals surface area contributed by atoms with Crippen LogP contribution in [-0.4, -0.2) is 62.3 Å². The molecule has 0 radical (unpaired) electrons. The number of hydrogen-bond donors (Lipinski definition) is 0. The molecule has 1 aromatic rings. The summed E-state index contributed by atoms with van der Waals surface area (Å²) in [6.07, 6.45) is 2.80. The van der Waals surface area contributed by atoms with E-state index in [0.29, 0.717) is 39.1 Å². The molecule has 0 spiro atoms. The van der Waals surface area contributed by atoms with E-state index in [1.54, 1.807) is 42.2 Å². The largest absolute Gasteiger partial charge is 0.466 e. The molecule has 2 aliphatic heterocycles. The van der Waals surface area contributed by atoms with Gasteiger partial charge in [0.2, 0.25) is 15.9 Å². The van der Waals surface area contributed by atoms with Crippen molar-refractivity contribution < 1.29 is 22.7 Å². The predicted molar refractivity (Wildman–Crippen MR) is 104 cm³/mol. The van der Waals surface area contributed by atoms with Gasteiger partial charge >= 0.3 is 5.97 Å². The molecule has 1 aromatic carbocycles. The van der Waals surface area contributed by atoms with Crippen LogP contribution in [0.4, 0.5) is 0 Å². The zero-order valence-electron chi connectivity index (χ0n) is 16.2. The van der Waals surface area contributed by atoms with Crippen LogP contribution in [0.25, 0.3) is 0 Å². The van der Waals surface area contributed by atoms with Gasteiger partial charge in [-0.05, 0) is 44.7 Å². The quantitative estimate of drug-likeness (QED) is 0.695. The van der Waals surface area contributed by atoms with Crippen LogP contribution >= 0.6 is 0 Å². The zero-order valence-corrected chi connectivity index (χ0v) is 17.1. The van der Waals surface area contributed by atoms with Crippen molar-refractivity contribution in [2.45, 2.75) is 37.5 Å². The number of piperidine rings is 2. The standard InChI is InChI=1S/C20H28N2O5S/c1-2-27-20(24)17-9-6-12-21(14-17)19(23)16-8-7-13-22(15-16)28(25,26)18-10-4-3-5-11-18/h3-5,10-11,16-17H,2,6-9,12-15H2,1H3/t16-,17-/m0/s1. The molecule has 0 unspecified atom stereocenters. The Kier molecular flexibility index (Phi) is 6.72. The Morgan fingerprint density at radius 2 is 1.71 bits per heavy atom. The Morgan fingerprint density at radius 1 is 1.04 bits per heavy atom. The van der Waals surface area contributed by atoms with Crippen molar-refractivity contribution >= 4 is 21.9 Å². The second-order valence-corrected chi connectivity index (χ2v) is 9.33. The number of hydrogen-bond acceptors (Lipinski definition) is 5. The maximum absolute atomic E-state index is 13.0. The summed E-state index contributed by atoms with van der Waals surface area (Å²) < 4.78 is 32.3. The van der Waals surface area contributed by atoms with Crippen LogP contribution in [-0.2, 0) is 24.3 Å².